The van der Waals surface area contributed by atoms with Gasteiger partial charge in [0.1, 0.15) is 17.4 Å². The monoisotopic (exact) mass is 245 g/mol. The third-order valence-electron chi connectivity index (χ3n) is 3.14. The molecule has 1 saturated carbocycles. The van der Waals surface area contributed by atoms with Crippen LogP contribution >= 0.6 is 11.6 Å². The van der Waals surface area contributed by atoms with Gasteiger partial charge in [-0.15, -0.1) is 11.6 Å². The van der Waals surface area contributed by atoms with Crippen LogP contribution in [0.5, 0.6) is 0 Å². The maximum atomic E-state index is 9.09. The Labute approximate surface area is 105 Å². The summed E-state index contributed by atoms with van der Waals surface area (Å²) < 4.78 is 2.26. The molecule has 3 rings (SSSR count). The first-order chi connectivity index (χ1) is 8.35. The van der Waals surface area contributed by atoms with Crippen LogP contribution in [0.15, 0.2) is 18.2 Å². The predicted octanol–water partition coefficient (Wildman–Crippen LogP) is 3.02. The summed E-state index contributed by atoms with van der Waals surface area (Å²) in [4.78, 5) is 4.59. The number of benzene rings is 1. The predicted molar refractivity (Wildman–Crippen MR) is 67.1 cm³/mol. The van der Waals surface area contributed by atoms with E-state index in [9.17, 15) is 0 Å². The quantitative estimate of drug-likeness (QED) is 0.780. The van der Waals surface area contributed by atoms with Crippen molar-refractivity contribution in [2.45, 2.75) is 25.3 Å². The fraction of sp³-hybridized carbons (Fsp3) is 0.385. The molecular formula is C13H12ClN3. The smallest absolute Gasteiger partial charge is 0.111 e. The van der Waals surface area contributed by atoms with E-state index in [1.54, 1.807) is 0 Å². The normalized spacial score (nSPS) is 15.1. The van der Waals surface area contributed by atoms with E-state index in [2.05, 4.69) is 15.6 Å². The van der Waals surface area contributed by atoms with Gasteiger partial charge in [-0.1, -0.05) is 6.07 Å². The minimum atomic E-state index is 0.562. The minimum Gasteiger partial charge on any atom is -0.325 e. The van der Waals surface area contributed by atoms with Crippen molar-refractivity contribution in [3.8, 4) is 6.07 Å². The van der Waals surface area contributed by atoms with Gasteiger partial charge >= 0.3 is 0 Å². The van der Waals surface area contributed by atoms with Crippen molar-refractivity contribution in [2.24, 2.45) is 0 Å². The van der Waals surface area contributed by atoms with E-state index in [1.807, 2.05) is 18.2 Å². The van der Waals surface area contributed by atoms with Gasteiger partial charge in [-0.3, -0.25) is 0 Å². The number of nitrogens with zero attached hydrogens (tertiary/aromatic N) is 3. The van der Waals surface area contributed by atoms with E-state index >= 15 is 0 Å². The van der Waals surface area contributed by atoms with Gasteiger partial charge in [0.05, 0.1) is 11.1 Å². The molecule has 0 N–H and O–H groups in total. The molecule has 1 aromatic heterocycles. The van der Waals surface area contributed by atoms with Crippen LogP contribution in [-0.2, 0) is 6.42 Å². The molecule has 4 heteroatoms. The lowest BCUT2D eigenvalue weighted by atomic mass is 10.2. The van der Waals surface area contributed by atoms with Crippen molar-refractivity contribution in [3.05, 3.63) is 29.6 Å². The molecule has 0 spiro atoms. The minimum absolute atomic E-state index is 0.562. The molecular weight excluding hydrogens is 234 g/mol. The lowest BCUT2D eigenvalue weighted by molar-refractivity contribution is 0.709. The summed E-state index contributed by atoms with van der Waals surface area (Å²) in [7, 11) is 0. The standard InChI is InChI=1S/C13H12ClN3/c14-7-6-12-16-13-9(8-15)2-1-3-11(13)17(12)10-4-5-10/h1-3,10H,4-7H2. The number of halogens is 1. The van der Waals surface area contributed by atoms with Crippen LogP contribution in [0.1, 0.15) is 30.3 Å². The van der Waals surface area contributed by atoms with Crippen molar-refractivity contribution in [3.63, 3.8) is 0 Å². The van der Waals surface area contributed by atoms with E-state index in [0.29, 0.717) is 17.5 Å². The Morgan fingerprint density at radius 1 is 1.47 bits per heavy atom. The molecule has 2 aromatic rings. The first-order valence-electron chi connectivity index (χ1n) is 5.81. The number of alkyl halides is 1. The number of nitriles is 1. The number of aryl methyl sites for hydroxylation is 1. The van der Waals surface area contributed by atoms with Crippen LogP contribution in [0.3, 0.4) is 0 Å². The first kappa shape index (κ1) is 10.6. The number of hydrogen-bond acceptors (Lipinski definition) is 2. The van der Waals surface area contributed by atoms with Gasteiger partial charge in [-0.05, 0) is 25.0 Å². The molecule has 0 atom stereocenters. The van der Waals surface area contributed by atoms with E-state index < -0.39 is 0 Å². The molecule has 3 nitrogen and oxygen atoms in total. The van der Waals surface area contributed by atoms with Crippen LogP contribution in [-0.4, -0.2) is 15.4 Å². The molecule has 17 heavy (non-hydrogen) atoms. The number of hydrogen-bond donors (Lipinski definition) is 0. The Kier molecular flexibility index (Phi) is 2.53. The SMILES string of the molecule is N#Cc1cccc2c1nc(CCCl)n2C1CC1. The van der Waals surface area contributed by atoms with Crippen LogP contribution in [0.25, 0.3) is 11.0 Å². The van der Waals surface area contributed by atoms with E-state index in [4.69, 9.17) is 16.9 Å². The zero-order valence-corrected chi connectivity index (χ0v) is 10.1. The highest BCUT2D eigenvalue weighted by Gasteiger charge is 2.28. The van der Waals surface area contributed by atoms with Gasteiger partial charge in [0, 0.05) is 18.3 Å². The highest BCUT2D eigenvalue weighted by molar-refractivity contribution is 6.17. The van der Waals surface area contributed by atoms with Crippen molar-refractivity contribution in [1.29, 1.82) is 5.26 Å². The fourth-order valence-corrected chi connectivity index (χ4v) is 2.43. The molecule has 0 radical (unpaired) electrons. The second-order valence-electron chi connectivity index (χ2n) is 4.35. The third-order valence-corrected chi connectivity index (χ3v) is 3.33. The maximum absolute atomic E-state index is 9.09. The van der Waals surface area contributed by atoms with E-state index in [0.717, 1.165) is 23.3 Å². The summed E-state index contributed by atoms with van der Waals surface area (Å²) >= 11 is 5.82. The average molecular weight is 246 g/mol. The third kappa shape index (κ3) is 1.69. The maximum Gasteiger partial charge on any atom is 0.111 e. The second-order valence-corrected chi connectivity index (χ2v) is 4.73. The molecule has 1 aliphatic carbocycles. The Morgan fingerprint density at radius 3 is 2.94 bits per heavy atom. The second kappa shape index (κ2) is 4.05. The highest BCUT2D eigenvalue weighted by atomic mass is 35.5. The Morgan fingerprint density at radius 2 is 2.29 bits per heavy atom. The lowest BCUT2D eigenvalue weighted by Gasteiger charge is -2.05. The van der Waals surface area contributed by atoms with Gasteiger partial charge in [0.2, 0.25) is 0 Å². The van der Waals surface area contributed by atoms with Gasteiger partial charge in [0.15, 0.2) is 0 Å². The van der Waals surface area contributed by atoms with Gasteiger partial charge in [-0.25, -0.2) is 4.98 Å². The molecule has 1 aromatic carbocycles. The van der Waals surface area contributed by atoms with Crippen LogP contribution in [0, 0.1) is 11.3 Å². The molecule has 1 aliphatic rings. The Balaban J connectivity index is 2.26. The zero-order chi connectivity index (χ0) is 11.8. The molecule has 0 amide bonds. The van der Waals surface area contributed by atoms with Gasteiger partial charge in [-0.2, -0.15) is 5.26 Å². The first-order valence-corrected chi connectivity index (χ1v) is 6.34. The van der Waals surface area contributed by atoms with Gasteiger partial charge < -0.3 is 4.57 Å². The van der Waals surface area contributed by atoms with Crippen molar-refractivity contribution in [1.82, 2.24) is 9.55 Å². The zero-order valence-electron chi connectivity index (χ0n) is 9.36. The van der Waals surface area contributed by atoms with Crippen molar-refractivity contribution >= 4 is 22.6 Å². The average Bonchev–Trinajstić information content (AvgIpc) is 3.11. The summed E-state index contributed by atoms with van der Waals surface area (Å²) in [6, 6.07) is 8.55. The number of aromatic nitrogens is 2. The number of para-hydroxylation sites is 1. The fourth-order valence-electron chi connectivity index (χ4n) is 2.26. The van der Waals surface area contributed by atoms with Gasteiger partial charge in [0.25, 0.3) is 0 Å². The largest absolute Gasteiger partial charge is 0.325 e. The Bertz CT molecular complexity index is 605. The van der Waals surface area contributed by atoms with Crippen LogP contribution < -0.4 is 0 Å². The molecule has 0 unspecified atom stereocenters. The van der Waals surface area contributed by atoms with Crippen LogP contribution in [0.4, 0.5) is 0 Å². The van der Waals surface area contributed by atoms with Crippen LogP contribution in [0.2, 0.25) is 0 Å². The lowest BCUT2D eigenvalue weighted by Crippen LogP contribution is -2.02. The molecule has 0 saturated heterocycles. The molecule has 86 valence electrons. The summed E-state index contributed by atoms with van der Waals surface area (Å²) in [6.45, 7) is 0. The summed E-state index contributed by atoms with van der Waals surface area (Å²) in [6.07, 6.45) is 3.17. The molecule has 0 bridgehead atoms. The Hall–Kier alpha value is -1.53. The molecule has 1 fully saturated rings. The number of rotatable bonds is 3. The van der Waals surface area contributed by atoms with E-state index in [1.165, 1.54) is 12.8 Å². The topological polar surface area (TPSA) is 41.6 Å². The molecule has 0 aliphatic heterocycles. The summed E-state index contributed by atoms with van der Waals surface area (Å²) in [5.41, 5.74) is 2.55. The highest BCUT2D eigenvalue weighted by Crippen LogP contribution is 2.39. The summed E-state index contributed by atoms with van der Waals surface area (Å²) in [5.74, 6) is 1.58. The summed E-state index contributed by atoms with van der Waals surface area (Å²) in [5, 5.41) is 9.09. The number of imidazole rings is 1. The van der Waals surface area contributed by atoms with Crippen molar-refractivity contribution in [2.75, 3.05) is 5.88 Å². The molecule has 1 heterocycles. The van der Waals surface area contributed by atoms with E-state index in [-0.39, 0.29) is 0 Å². The van der Waals surface area contributed by atoms with Crippen molar-refractivity contribution < 1.29 is 0 Å². The number of fused-ring (bicyclic) bond motifs is 1.